The molecule has 11 heteroatoms. The van der Waals surface area contributed by atoms with Gasteiger partial charge in [-0.1, -0.05) is 68.4 Å². The van der Waals surface area contributed by atoms with Crippen molar-refractivity contribution < 1.29 is 9.18 Å². The van der Waals surface area contributed by atoms with E-state index in [1.165, 1.54) is 6.20 Å². The van der Waals surface area contributed by atoms with E-state index in [2.05, 4.69) is 61.8 Å². The van der Waals surface area contributed by atoms with Crippen LogP contribution in [0.15, 0.2) is 79.0 Å². The maximum Gasteiger partial charge on any atom is 0.250 e. The number of pyridine rings is 2. The molecule has 0 aliphatic rings. The number of nitrogens with one attached hydrogen (secondary N) is 2. The third-order valence-electron chi connectivity index (χ3n) is 6.13. The molecule has 5 rings (SSSR count). The van der Waals surface area contributed by atoms with E-state index in [-0.39, 0.29) is 11.4 Å². The number of tetrazole rings is 1. The molecule has 0 saturated heterocycles. The van der Waals surface area contributed by atoms with Crippen molar-refractivity contribution in [2.24, 2.45) is 11.7 Å². The van der Waals surface area contributed by atoms with Gasteiger partial charge in [-0.25, -0.2) is 19.5 Å². The number of nitrogens with zero attached hydrogens (tertiary/aromatic N) is 6. The molecule has 0 atom stereocenters. The van der Waals surface area contributed by atoms with Gasteiger partial charge in [-0.2, -0.15) is 0 Å². The summed E-state index contributed by atoms with van der Waals surface area (Å²) >= 11 is 0. The summed E-state index contributed by atoms with van der Waals surface area (Å²) in [6.07, 6.45) is 1.24. The molecule has 0 radical (unpaired) electrons. The fraction of sp³-hybridized carbons (Fsp3) is 0.172. The SMILES string of the molecule is CC(C)CN(Cc1ccccc1)c1cc(Nc2ncc(C(N)=O)cc2F)cc(-c2ccccc2-c2nnn[nH]2)n1. The summed E-state index contributed by atoms with van der Waals surface area (Å²) in [6.45, 7) is 5.65. The Labute approximate surface area is 230 Å². The third-order valence-corrected chi connectivity index (χ3v) is 6.13. The summed E-state index contributed by atoms with van der Waals surface area (Å²) in [5, 5.41) is 17.4. The highest BCUT2D eigenvalue weighted by atomic mass is 19.1. The number of anilines is 3. The van der Waals surface area contributed by atoms with Crippen molar-refractivity contribution in [1.82, 2.24) is 30.6 Å². The Morgan fingerprint density at radius 1 is 1.05 bits per heavy atom. The molecule has 0 bridgehead atoms. The molecule has 3 heterocycles. The predicted octanol–water partition coefficient (Wildman–Crippen LogP) is 4.97. The second-order valence-electron chi connectivity index (χ2n) is 9.70. The van der Waals surface area contributed by atoms with Gasteiger partial charge in [0.2, 0.25) is 5.91 Å². The van der Waals surface area contributed by atoms with Crippen LogP contribution in [0.4, 0.5) is 21.7 Å². The van der Waals surface area contributed by atoms with Crippen molar-refractivity contribution in [1.29, 1.82) is 0 Å². The summed E-state index contributed by atoms with van der Waals surface area (Å²) in [4.78, 5) is 22.8. The number of H-pyrrole nitrogens is 1. The average Bonchev–Trinajstić information content (AvgIpc) is 3.49. The molecule has 0 spiro atoms. The second kappa shape index (κ2) is 11.7. The van der Waals surface area contributed by atoms with Crippen LogP contribution in [-0.4, -0.2) is 43.0 Å². The Hall–Kier alpha value is -5.19. The fourth-order valence-corrected chi connectivity index (χ4v) is 4.36. The van der Waals surface area contributed by atoms with Crippen LogP contribution in [0.25, 0.3) is 22.6 Å². The molecule has 1 amide bonds. The van der Waals surface area contributed by atoms with E-state index in [1.807, 2.05) is 54.6 Å². The number of rotatable bonds is 10. The van der Waals surface area contributed by atoms with Crippen LogP contribution in [0.5, 0.6) is 0 Å². The smallest absolute Gasteiger partial charge is 0.250 e. The summed E-state index contributed by atoms with van der Waals surface area (Å²) in [6, 6.07) is 22.5. The topological polar surface area (TPSA) is 139 Å². The highest BCUT2D eigenvalue weighted by molar-refractivity contribution is 5.92. The molecule has 5 aromatic rings. The Bertz CT molecular complexity index is 1610. The van der Waals surface area contributed by atoms with Gasteiger partial charge in [-0.15, -0.1) is 5.10 Å². The third kappa shape index (κ3) is 6.09. The van der Waals surface area contributed by atoms with Gasteiger partial charge in [0, 0.05) is 42.2 Å². The molecule has 40 heavy (non-hydrogen) atoms. The number of hydrogen-bond acceptors (Lipinski definition) is 8. The Kier molecular flexibility index (Phi) is 7.72. The second-order valence-corrected chi connectivity index (χ2v) is 9.70. The first-order chi connectivity index (χ1) is 19.4. The number of aromatic nitrogens is 6. The van der Waals surface area contributed by atoms with Gasteiger partial charge in [0.05, 0.1) is 11.3 Å². The molecular weight excluding hydrogens is 509 g/mol. The molecule has 0 fully saturated rings. The zero-order valence-electron chi connectivity index (χ0n) is 22.0. The number of benzene rings is 2. The van der Waals surface area contributed by atoms with Gasteiger partial charge in [0.1, 0.15) is 5.82 Å². The van der Waals surface area contributed by atoms with Crippen molar-refractivity contribution in [3.63, 3.8) is 0 Å². The monoisotopic (exact) mass is 537 g/mol. The Balaban J connectivity index is 1.62. The van der Waals surface area contributed by atoms with Crippen LogP contribution in [0.2, 0.25) is 0 Å². The zero-order valence-corrected chi connectivity index (χ0v) is 22.0. The van der Waals surface area contributed by atoms with E-state index in [0.717, 1.165) is 29.3 Å². The maximum absolute atomic E-state index is 14.9. The van der Waals surface area contributed by atoms with Gasteiger partial charge in [-0.05, 0) is 34.0 Å². The number of carbonyl (C=O) groups is 1. The first-order valence-corrected chi connectivity index (χ1v) is 12.7. The molecule has 10 nitrogen and oxygen atoms in total. The molecule has 0 aliphatic heterocycles. The molecule has 0 unspecified atom stereocenters. The summed E-state index contributed by atoms with van der Waals surface area (Å²) in [7, 11) is 0. The van der Waals surface area contributed by atoms with Gasteiger partial charge < -0.3 is 16.0 Å². The Morgan fingerprint density at radius 3 is 2.48 bits per heavy atom. The van der Waals surface area contributed by atoms with E-state index in [0.29, 0.717) is 35.5 Å². The lowest BCUT2D eigenvalue weighted by molar-refractivity contribution is 0.0999. The predicted molar refractivity (Wildman–Crippen MR) is 151 cm³/mol. The van der Waals surface area contributed by atoms with Crippen molar-refractivity contribution in [3.05, 3.63) is 95.9 Å². The number of aromatic amines is 1. The lowest BCUT2D eigenvalue weighted by Gasteiger charge is -2.27. The van der Waals surface area contributed by atoms with Crippen LogP contribution in [0.3, 0.4) is 0 Å². The molecule has 3 aromatic heterocycles. The number of primary amides is 1. The average molecular weight is 538 g/mol. The van der Waals surface area contributed by atoms with Crippen molar-refractivity contribution in [3.8, 4) is 22.6 Å². The zero-order chi connectivity index (χ0) is 28.1. The number of halogens is 1. The minimum atomic E-state index is -0.754. The van der Waals surface area contributed by atoms with E-state index in [1.54, 1.807) is 0 Å². The standard InChI is InChI=1S/C29H28FN9O/c1-18(2)16-39(17-19-8-4-3-5-9-19)26-14-21(33-29-24(30)12-20(15-32-29)27(31)40)13-25(34-26)22-10-6-7-11-23(22)28-35-37-38-36-28/h3-15,18H,16-17H2,1-2H3,(H2,31,40)(H,32,33,34)(H,35,36,37,38). The van der Waals surface area contributed by atoms with Crippen molar-refractivity contribution >= 4 is 23.2 Å². The maximum atomic E-state index is 14.9. The van der Waals surface area contributed by atoms with Gasteiger partial charge in [-0.3, -0.25) is 4.79 Å². The molecule has 202 valence electrons. The molecule has 0 saturated carbocycles. The lowest BCUT2D eigenvalue weighted by Crippen LogP contribution is -2.28. The summed E-state index contributed by atoms with van der Waals surface area (Å²) in [5.41, 5.74) is 9.14. The highest BCUT2D eigenvalue weighted by Crippen LogP contribution is 2.33. The van der Waals surface area contributed by atoms with Crippen LogP contribution in [0.1, 0.15) is 29.8 Å². The summed E-state index contributed by atoms with van der Waals surface area (Å²) in [5.74, 6) is 0.0355. The van der Waals surface area contributed by atoms with E-state index in [4.69, 9.17) is 10.7 Å². The first kappa shape index (κ1) is 26.4. The number of nitrogens with two attached hydrogens (primary N) is 1. The normalized spacial score (nSPS) is 11.0. The molecule has 2 aromatic carbocycles. The molecular formula is C29H28FN9O. The van der Waals surface area contributed by atoms with E-state index in [9.17, 15) is 9.18 Å². The lowest BCUT2D eigenvalue weighted by atomic mass is 10.0. The van der Waals surface area contributed by atoms with Crippen LogP contribution in [-0.2, 0) is 6.54 Å². The van der Waals surface area contributed by atoms with Gasteiger partial charge in [0.25, 0.3) is 0 Å². The van der Waals surface area contributed by atoms with E-state index >= 15 is 0 Å². The van der Waals surface area contributed by atoms with E-state index < -0.39 is 11.7 Å². The van der Waals surface area contributed by atoms with Crippen molar-refractivity contribution in [2.45, 2.75) is 20.4 Å². The number of hydrogen-bond donors (Lipinski definition) is 3. The van der Waals surface area contributed by atoms with Crippen molar-refractivity contribution in [2.75, 3.05) is 16.8 Å². The fourth-order valence-electron chi connectivity index (χ4n) is 4.36. The quantitative estimate of drug-likeness (QED) is 0.227. The highest BCUT2D eigenvalue weighted by Gasteiger charge is 2.18. The van der Waals surface area contributed by atoms with Gasteiger partial charge >= 0.3 is 0 Å². The minimum absolute atomic E-state index is 0.0141. The van der Waals surface area contributed by atoms with Crippen LogP contribution >= 0.6 is 0 Å². The largest absolute Gasteiger partial charge is 0.366 e. The Morgan fingerprint density at radius 2 is 1.80 bits per heavy atom. The molecule has 4 N–H and O–H groups in total. The van der Waals surface area contributed by atoms with Crippen LogP contribution in [0, 0.1) is 11.7 Å². The minimum Gasteiger partial charge on any atom is -0.366 e. The molecule has 0 aliphatic carbocycles. The number of amides is 1. The number of carbonyl (C=O) groups excluding carboxylic acids is 1. The summed E-state index contributed by atoms with van der Waals surface area (Å²) < 4.78 is 14.9. The van der Waals surface area contributed by atoms with Gasteiger partial charge in [0.15, 0.2) is 17.5 Å². The first-order valence-electron chi connectivity index (χ1n) is 12.7. The van der Waals surface area contributed by atoms with Crippen LogP contribution < -0.4 is 16.0 Å².